The van der Waals surface area contributed by atoms with Crippen molar-refractivity contribution >= 4 is 30.3 Å². The highest BCUT2D eigenvalue weighted by atomic mass is 32.1. The van der Waals surface area contributed by atoms with Crippen molar-refractivity contribution in [2.75, 3.05) is 13.7 Å². The van der Waals surface area contributed by atoms with E-state index in [2.05, 4.69) is 17.4 Å². The first-order chi connectivity index (χ1) is 8.40. The van der Waals surface area contributed by atoms with Gasteiger partial charge in [-0.2, -0.15) is 12.6 Å². The fourth-order valence-corrected chi connectivity index (χ4v) is 2.29. The highest BCUT2D eigenvalue weighted by Crippen LogP contribution is 2.23. The van der Waals surface area contributed by atoms with E-state index >= 15 is 0 Å². The van der Waals surface area contributed by atoms with E-state index in [4.69, 9.17) is 0 Å². The van der Waals surface area contributed by atoms with Gasteiger partial charge >= 0.3 is 5.97 Å². The van der Waals surface area contributed by atoms with Crippen LogP contribution in [0, 0.1) is 5.92 Å². The molecule has 0 aromatic rings. The van der Waals surface area contributed by atoms with Gasteiger partial charge in [0.25, 0.3) is 0 Å². The van der Waals surface area contributed by atoms with Crippen molar-refractivity contribution in [2.24, 2.45) is 5.92 Å². The predicted molar refractivity (Wildman–Crippen MR) is 69.4 cm³/mol. The van der Waals surface area contributed by atoms with Gasteiger partial charge < -0.3 is 9.64 Å². The van der Waals surface area contributed by atoms with Gasteiger partial charge in [-0.25, -0.2) is 4.79 Å². The molecular weight excluding hydrogens is 254 g/mol. The number of ether oxygens (including phenoxy) is 1. The third-order valence-corrected chi connectivity index (χ3v) is 4.10. The Morgan fingerprint density at radius 1 is 1.39 bits per heavy atom. The summed E-state index contributed by atoms with van der Waals surface area (Å²) in [5.41, 5.74) is 0. The number of hydrogen-bond acceptors (Lipinski definition) is 5. The van der Waals surface area contributed by atoms with Crippen molar-refractivity contribution in [1.29, 1.82) is 0 Å². The number of nitrogens with zero attached hydrogens (tertiary/aromatic N) is 1. The third-order valence-electron chi connectivity index (χ3n) is 3.29. The van der Waals surface area contributed by atoms with Crippen molar-refractivity contribution in [3.8, 4) is 0 Å². The number of carbonyl (C=O) groups is 3. The van der Waals surface area contributed by atoms with Crippen LogP contribution in [0.4, 0.5) is 0 Å². The van der Waals surface area contributed by atoms with E-state index in [0.29, 0.717) is 13.0 Å². The largest absolute Gasteiger partial charge is 0.467 e. The number of Topliss-reactive ketones (excluding diaryl/α,β-unsaturated/α-hetero) is 1. The van der Waals surface area contributed by atoms with Crippen molar-refractivity contribution < 1.29 is 19.1 Å². The molecule has 0 aliphatic carbocycles. The molecule has 0 radical (unpaired) electrons. The van der Waals surface area contributed by atoms with Crippen LogP contribution in [0.25, 0.3) is 0 Å². The van der Waals surface area contributed by atoms with E-state index in [1.807, 2.05) is 0 Å². The molecule has 1 saturated heterocycles. The summed E-state index contributed by atoms with van der Waals surface area (Å²) < 4.78 is 4.68. The molecule has 3 atom stereocenters. The summed E-state index contributed by atoms with van der Waals surface area (Å²) in [5, 5.41) is -0.628. The van der Waals surface area contributed by atoms with Crippen molar-refractivity contribution in [1.82, 2.24) is 4.90 Å². The molecule has 1 heterocycles. The predicted octanol–water partition coefficient (Wildman–Crippen LogP) is 0.674. The molecule has 1 amide bonds. The molecule has 6 heteroatoms. The number of likely N-dealkylation sites (tertiary alicyclic amines) is 1. The molecule has 2 unspecified atom stereocenters. The molecular formula is C12H19NO4S. The number of hydrogen-bond donors (Lipinski definition) is 1. The lowest BCUT2D eigenvalue weighted by atomic mass is 10.0. The highest BCUT2D eigenvalue weighted by Gasteiger charge is 2.38. The first-order valence-electron chi connectivity index (χ1n) is 5.97. The molecule has 5 nitrogen and oxygen atoms in total. The van der Waals surface area contributed by atoms with E-state index in [1.54, 1.807) is 6.92 Å². The van der Waals surface area contributed by atoms with Crippen molar-refractivity contribution in [3.05, 3.63) is 0 Å². The summed E-state index contributed by atoms with van der Waals surface area (Å²) in [5.74, 6) is -1.28. The second kappa shape index (κ2) is 6.22. The molecule has 0 saturated carbocycles. The van der Waals surface area contributed by atoms with Gasteiger partial charge in [-0.15, -0.1) is 0 Å². The van der Waals surface area contributed by atoms with Crippen molar-refractivity contribution in [2.45, 2.75) is 38.0 Å². The van der Waals surface area contributed by atoms with Crippen LogP contribution in [-0.4, -0.2) is 47.5 Å². The van der Waals surface area contributed by atoms with E-state index in [0.717, 1.165) is 6.42 Å². The smallest absolute Gasteiger partial charge is 0.328 e. The Balaban J connectivity index is 2.76. The second-order valence-corrected chi connectivity index (χ2v) is 5.11. The molecule has 0 aromatic heterocycles. The van der Waals surface area contributed by atoms with Gasteiger partial charge in [0.05, 0.1) is 18.3 Å². The fourth-order valence-electron chi connectivity index (χ4n) is 2.16. The summed E-state index contributed by atoms with van der Waals surface area (Å²) in [6, 6.07) is -0.516. The first kappa shape index (κ1) is 15.0. The highest BCUT2D eigenvalue weighted by molar-refractivity contribution is 7.81. The number of amides is 1. The Hall–Kier alpha value is -1.04. The minimum atomic E-state index is -0.628. The number of rotatable bonds is 4. The summed E-state index contributed by atoms with van der Waals surface area (Å²) >= 11 is 4.14. The van der Waals surface area contributed by atoms with Crippen LogP contribution < -0.4 is 0 Å². The van der Waals surface area contributed by atoms with Crippen LogP contribution in [0.15, 0.2) is 0 Å². The van der Waals surface area contributed by atoms with Crippen LogP contribution >= 0.6 is 12.6 Å². The minimum Gasteiger partial charge on any atom is -0.467 e. The van der Waals surface area contributed by atoms with Gasteiger partial charge in [0.1, 0.15) is 11.8 Å². The monoisotopic (exact) mass is 273 g/mol. The molecule has 1 aliphatic rings. The molecule has 1 rings (SSSR count). The maximum absolute atomic E-state index is 12.2. The minimum absolute atomic E-state index is 0.145. The maximum atomic E-state index is 12.2. The Morgan fingerprint density at radius 2 is 2.00 bits per heavy atom. The third kappa shape index (κ3) is 3.04. The molecule has 102 valence electrons. The topological polar surface area (TPSA) is 63.7 Å². The van der Waals surface area contributed by atoms with Crippen molar-refractivity contribution in [3.63, 3.8) is 0 Å². The van der Waals surface area contributed by atoms with Gasteiger partial charge in [0.2, 0.25) is 5.91 Å². The molecule has 0 N–H and O–H groups in total. The van der Waals surface area contributed by atoms with Crippen LogP contribution in [0.1, 0.15) is 26.7 Å². The molecule has 1 aliphatic heterocycles. The summed E-state index contributed by atoms with van der Waals surface area (Å²) in [6.07, 6.45) is 1.39. The Labute approximate surface area is 112 Å². The van der Waals surface area contributed by atoms with Gasteiger partial charge in [0, 0.05) is 6.54 Å². The Morgan fingerprint density at radius 3 is 2.50 bits per heavy atom. The quantitative estimate of drug-likeness (QED) is 0.604. The van der Waals surface area contributed by atoms with Crippen LogP contribution in [-0.2, 0) is 19.1 Å². The van der Waals surface area contributed by atoms with E-state index in [-0.39, 0.29) is 11.7 Å². The lowest BCUT2D eigenvalue weighted by molar-refractivity contribution is -0.152. The molecule has 0 spiro atoms. The zero-order chi connectivity index (χ0) is 13.9. The van der Waals surface area contributed by atoms with E-state index < -0.39 is 23.2 Å². The van der Waals surface area contributed by atoms with Gasteiger partial charge in [-0.05, 0) is 19.8 Å². The zero-order valence-electron chi connectivity index (χ0n) is 10.9. The second-order valence-electron chi connectivity index (χ2n) is 4.56. The number of carbonyl (C=O) groups excluding carboxylic acids is 3. The van der Waals surface area contributed by atoms with Gasteiger partial charge in [-0.3, -0.25) is 9.59 Å². The van der Waals surface area contributed by atoms with Crippen LogP contribution in [0.2, 0.25) is 0 Å². The first-order valence-corrected chi connectivity index (χ1v) is 6.48. The fraction of sp³-hybridized carbons (Fsp3) is 0.750. The molecule has 18 heavy (non-hydrogen) atoms. The van der Waals surface area contributed by atoms with Gasteiger partial charge in [-0.1, -0.05) is 6.92 Å². The molecule has 0 aromatic carbocycles. The Kier molecular flexibility index (Phi) is 5.19. The number of esters is 1. The van der Waals surface area contributed by atoms with Crippen LogP contribution in [0.3, 0.4) is 0 Å². The number of thiol groups is 1. The van der Waals surface area contributed by atoms with E-state index in [1.165, 1.54) is 18.9 Å². The van der Waals surface area contributed by atoms with Crippen LogP contribution in [0.5, 0.6) is 0 Å². The molecule has 1 fully saturated rings. The summed E-state index contributed by atoms with van der Waals surface area (Å²) in [4.78, 5) is 36.5. The number of ketones is 1. The Bertz CT molecular complexity index is 358. The number of methoxy groups -OCH3 is 1. The lowest BCUT2D eigenvalue weighted by Gasteiger charge is -2.27. The molecule has 0 bridgehead atoms. The lowest BCUT2D eigenvalue weighted by Crippen LogP contribution is -2.46. The summed E-state index contributed by atoms with van der Waals surface area (Å²) in [7, 11) is 1.31. The average Bonchev–Trinajstić information content (AvgIpc) is 2.83. The zero-order valence-corrected chi connectivity index (χ0v) is 11.8. The van der Waals surface area contributed by atoms with Gasteiger partial charge in [0.15, 0.2) is 0 Å². The standard InChI is InChI=1S/C12H19NO4S/c1-7(10(18)8(2)14)11(15)13-6-4-5-9(13)12(16)17-3/h7,9-10,18H,4-6H2,1-3H3/t7?,9-,10?/m0/s1. The van der Waals surface area contributed by atoms with E-state index in [9.17, 15) is 14.4 Å². The SMILES string of the molecule is COC(=O)[C@@H]1CCCN1C(=O)C(C)C(S)C(C)=O. The summed E-state index contributed by atoms with van der Waals surface area (Å²) in [6.45, 7) is 3.60. The average molecular weight is 273 g/mol. The maximum Gasteiger partial charge on any atom is 0.328 e. The normalized spacial score (nSPS) is 22.4.